The third kappa shape index (κ3) is 6.16. The molecule has 0 saturated carbocycles. The Hall–Kier alpha value is -2.76. The molecule has 27 heavy (non-hydrogen) atoms. The Morgan fingerprint density at radius 2 is 1.48 bits per heavy atom. The summed E-state index contributed by atoms with van der Waals surface area (Å²) in [5.41, 5.74) is 4.09. The Morgan fingerprint density at radius 1 is 0.889 bits per heavy atom. The van der Waals surface area contributed by atoms with Gasteiger partial charge in [0, 0.05) is 23.1 Å². The van der Waals surface area contributed by atoms with Gasteiger partial charge >= 0.3 is 0 Å². The second kappa shape index (κ2) is 9.26. The van der Waals surface area contributed by atoms with Gasteiger partial charge in [-0.05, 0) is 71.7 Å². The number of pyridine rings is 1. The van der Waals surface area contributed by atoms with Crippen molar-refractivity contribution in [3.05, 3.63) is 94.8 Å². The maximum Gasteiger partial charge on any atom is 0.230 e. The van der Waals surface area contributed by atoms with E-state index in [4.69, 9.17) is 23.8 Å². The molecule has 0 spiro atoms. The van der Waals surface area contributed by atoms with Crippen molar-refractivity contribution in [3.8, 4) is 0 Å². The van der Waals surface area contributed by atoms with Crippen LogP contribution in [0.1, 0.15) is 16.7 Å². The molecule has 0 fully saturated rings. The van der Waals surface area contributed by atoms with Crippen LogP contribution in [0, 0.1) is 0 Å². The molecule has 2 aromatic carbocycles. The molecule has 1 heterocycles. The zero-order chi connectivity index (χ0) is 19.1. The second-order valence-corrected chi connectivity index (χ2v) is 6.88. The topological polar surface area (TPSA) is 54.0 Å². The van der Waals surface area contributed by atoms with Gasteiger partial charge in [0.25, 0.3) is 0 Å². The largest absolute Gasteiger partial charge is 0.332 e. The number of nitrogens with one attached hydrogen (secondary N) is 2. The maximum absolute atomic E-state index is 12.1. The number of carbonyl (C=O) groups is 1. The van der Waals surface area contributed by atoms with Gasteiger partial charge in [-0.25, -0.2) is 0 Å². The van der Waals surface area contributed by atoms with Gasteiger partial charge in [-0.15, -0.1) is 0 Å². The molecule has 0 aliphatic carbocycles. The van der Waals surface area contributed by atoms with Crippen molar-refractivity contribution in [2.24, 2.45) is 0 Å². The van der Waals surface area contributed by atoms with E-state index in [-0.39, 0.29) is 17.4 Å². The molecule has 0 aliphatic rings. The van der Waals surface area contributed by atoms with Gasteiger partial charge in [0.05, 0.1) is 6.42 Å². The fourth-order valence-electron chi connectivity index (χ4n) is 2.56. The standard InChI is InChI=1S/C21H18ClN3OS/c22-18-5-1-16(2-6-18)14-20(26)25-21(27)24-19-7-3-15(4-8-19)13-17-9-11-23-12-10-17/h1-12H,13-14H2,(H2,24,25,26,27). The van der Waals surface area contributed by atoms with Crippen LogP contribution < -0.4 is 10.6 Å². The molecule has 0 aliphatic heterocycles. The lowest BCUT2D eigenvalue weighted by Crippen LogP contribution is -2.35. The Kier molecular flexibility index (Phi) is 6.52. The number of anilines is 1. The van der Waals surface area contributed by atoms with Crippen molar-refractivity contribution >= 4 is 40.5 Å². The van der Waals surface area contributed by atoms with Gasteiger partial charge in [0.1, 0.15) is 0 Å². The summed E-state index contributed by atoms with van der Waals surface area (Å²) in [4.78, 5) is 16.1. The van der Waals surface area contributed by atoms with Crippen molar-refractivity contribution in [2.45, 2.75) is 12.8 Å². The molecule has 0 bridgehead atoms. The van der Waals surface area contributed by atoms with Gasteiger partial charge in [0.2, 0.25) is 5.91 Å². The van der Waals surface area contributed by atoms with E-state index in [9.17, 15) is 4.79 Å². The molecular formula is C21H18ClN3OS. The quantitative estimate of drug-likeness (QED) is 0.629. The number of aromatic nitrogens is 1. The van der Waals surface area contributed by atoms with E-state index in [1.165, 1.54) is 11.1 Å². The number of amides is 1. The lowest BCUT2D eigenvalue weighted by atomic mass is 10.1. The lowest BCUT2D eigenvalue weighted by Gasteiger charge is -2.10. The summed E-state index contributed by atoms with van der Waals surface area (Å²) < 4.78 is 0. The molecule has 1 aromatic heterocycles. The Labute approximate surface area is 168 Å². The summed E-state index contributed by atoms with van der Waals surface area (Å²) >= 11 is 11.1. The van der Waals surface area contributed by atoms with Crippen LogP contribution in [0.15, 0.2) is 73.1 Å². The van der Waals surface area contributed by atoms with E-state index >= 15 is 0 Å². The first-order chi connectivity index (χ1) is 13.1. The zero-order valence-corrected chi connectivity index (χ0v) is 16.1. The summed E-state index contributed by atoms with van der Waals surface area (Å²) in [6.07, 6.45) is 4.65. The monoisotopic (exact) mass is 395 g/mol. The molecule has 3 aromatic rings. The number of carbonyl (C=O) groups excluding carboxylic acids is 1. The van der Waals surface area contributed by atoms with Crippen molar-refractivity contribution < 1.29 is 4.79 Å². The summed E-state index contributed by atoms with van der Waals surface area (Å²) in [7, 11) is 0. The molecule has 2 N–H and O–H groups in total. The molecule has 136 valence electrons. The molecule has 0 atom stereocenters. The van der Waals surface area contributed by atoms with Crippen molar-refractivity contribution in [1.82, 2.24) is 10.3 Å². The molecular weight excluding hydrogens is 378 g/mol. The molecule has 3 rings (SSSR count). The van der Waals surface area contributed by atoms with Gasteiger partial charge in [-0.3, -0.25) is 9.78 Å². The van der Waals surface area contributed by atoms with Crippen molar-refractivity contribution in [1.29, 1.82) is 0 Å². The highest BCUT2D eigenvalue weighted by Gasteiger charge is 2.06. The van der Waals surface area contributed by atoms with E-state index in [1.807, 2.05) is 48.5 Å². The maximum atomic E-state index is 12.1. The molecule has 1 amide bonds. The average Bonchev–Trinajstić information content (AvgIpc) is 2.66. The predicted molar refractivity (Wildman–Crippen MR) is 113 cm³/mol. The highest BCUT2D eigenvalue weighted by Crippen LogP contribution is 2.13. The second-order valence-electron chi connectivity index (χ2n) is 6.03. The minimum Gasteiger partial charge on any atom is -0.332 e. The van der Waals surface area contributed by atoms with Crippen LogP contribution >= 0.6 is 23.8 Å². The van der Waals surface area contributed by atoms with Crippen LogP contribution in [-0.2, 0) is 17.6 Å². The number of hydrogen-bond donors (Lipinski definition) is 2. The SMILES string of the molecule is O=C(Cc1ccc(Cl)cc1)NC(=S)Nc1ccc(Cc2ccncc2)cc1. The first-order valence-electron chi connectivity index (χ1n) is 8.41. The molecule has 4 nitrogen and oxygen atoms in total. The third-order valence-corrected chi connectivity index (χ3v) is 4.36. The van der Waals surface area contributed by atoms with E-state index in [1.54, 1.807) is 24.5 Å². The fraction of sp³-hybridized carbons (Fsp3) is 0.0952. The van der Waals surface area contributed by atoms with Crippen LogP contribution in [0.2, 0.25) is 5.02 Å². The van der Waals surface area contributed by atoms with E-state index in [0.717, 1.165) is 17.7 Å². The normalized spacial score (nSPS) is 10.3. The minimum absolute atomic E-state index is 0.177. The lowest BCUT2D eigenvalue weighted by molar-refractivity contribution is -0.119. The predicted octanol–water partition coefficient (Wildman–Crippen LogP) is 4.38. The number of halogens is 1. The third-order valence-electron chi connectivity index (χ3n) is 3.90. The van der Waals surface area contributed by atoms with Crippen molar-refractivity contribution in [3.63, 3.8) is 0 Å². The van der Waals surface area contributed by atoms with Crippen LogP contribution in [0.25, 0.3) is 0 Å². The summed E-state index contributed by atoms with van der Waals surface area (Å²) in [5, 5.41) is 6.63. The average molecular weight is 396 g/mol. The number of thiocarbonyl (C=S) groups is 1. The van der Waals surface area contributed by atoms with Crippen LogP contribution in [-0.4, -0.2) is 16.0 Å². The van der Waals surface area contributed by atoms with Crippen LogP contribution in [0.5, 0.6) is 0 Å². The minimum atomic E-state index is -0.177. The first kappa shape index (κ1) is 19.0. The Morgan fingerprint density at radius 3 is 2.15 bits per heavy atom. The number of hydrogen-bond acceptors (Lipinski definition) is 3. The Bertz CT molecular complexity index is 912. The van der Waals surface area contributed by atoms with Gasteiger partial charge in [-0.1, -0.05) is 35.9 Å². The Balaban J connectivity index is 1.50. The van der Waals surface area contributed by atoms with E-state index < -0.39 is 0 Å². The van der Waals surface area contributed by atoms with Gasteiger partial charge in [-0.2, -0.15) is 0 Å². The smallest absolute Gasteiger partial charge is 0.230 e. The zero-order valence-electron chi connectivity index (χ0n) is 14.5. The molecule has 0 radical (unpaired) electrons. The number of rotatable bonds is 5. The van der Waals surface area contributed by atoms with Crippen LogP contribution in [0.4, 0.5) is 5.69 Å². The molecule has 0 saturated heterocycles. The van der Waals surface area contributed by atoms with Crippen LogP contribution in [0.3, 0.4) is 0 Å². The summed E-state index contributed by atoms with van der Waals surface area (Å²) in [5.74, 6) is -0.177. The highest BCUT2D eigenvalue weighted by atomic mass is 35.5. The fourth-order valence-corrected chi connectivity index (χ4v) is 2.92. The van der Waals surface area contributed by atoms with Gasteiger partial charge in [0.15, 0.2) is 5.11 Å². The first-order valence-corrected chi connectivity index (χ1v) is 9.20. The van der Waals surface area contributed by atoms with E-state index in [2.05, 4.69) is 15.6 Å². The summed E-state index contributed by atoms with van der Waals surface area (Å²) in [6.45, 7) is 0. The number of nitrogens with zero attached hydrogens (tertiary/aromatic N) is 1. The highest BCUT2D eigenvalue weighted by molar-refractivity contribution is 7.80. The molecule has 6 heteroatoms. The number of benzene rings is 2. The summed E-state index contributed by atoms with van der Waals surface area (Å²) in [6, 6.07) is 19.1. The van der Waals surface area contributed by atoms with Gasteiger partial charge < -0.3 is 10.6 Å². The molecule has 0 unspecified atom stereocenters. The van der Waals surface area contributed by atoms with Crippen molar-refractivity contribution in [2.75, 3.05) is 5.32 Å². The van der Waals surface area contributed by atoms with E-state index in [0.29, 0.717) is 5.02 Å².